The van der Waals surface area contributed by atoms with Gasteiger partial charge >= 0.3 is 0 Å². The summed E-state index contributed by atoms with van der Waals surface area (Å²) in [7, 11) is 1.54. The lowest BCUT2D eigenvalue weighted by molar-refractivity contribution is -0.118. The summed E-state index contributed by atoms with van der Waals surface area (Å²) in [5.74, 6) is -2.12. The molecule has 1 amide bonds. The number of rotatable bonds is 11. The predicted octanol–water partition coefficient (Wildman–Crippen LogP) is 1.80. The summed E-state index contributed by atoms with van der Waals surface area (Å²) in [5, 5.41) is 28.6. The molecule has 1 aromatic carbocycles. The minimum absolute atomic E-state index is 0.0329. The Kier molecular flexibility index (Phi) is 8.44. The van der Waals surface area contributed by atoms with Gasteiger partial charge in [0.15, 0.2) is 0 Å². The molecule has 0 fully saturated rings. The second-order valence-electron chi connectivity index (χ2n) is 7.05. The zero-order valence-corrected chi connectivity index (χ0v) is 17.6. The number of primary amides is 1. The molecule has 30 heavy (non-hydrogen) atoms. The van der Waals surface area contributed by atoms with Crippen LogP contribution in [0.4, 0.5) is 0 Å². The van der Waals surface area contributed by atoms with Crippen molar-refractivity contribution in [2.24, 2.45) is 28.5 Å². The van der Waals surface area contributed by atoms with Crippen LogP contribution in [0.2, 0.25) is 0 Å². The molecule has 0 spiro atoms. The molecule has 2 rings (SSSR count). The molecule has 2 atom stereocenters. The molecule has 162 valence electrons. The van der Waals surface area contributed by atoms with E-state index < -0.39 is 23.7 Å². The molecule has 2 aromatic rings. The Balaban J connectivity index is 2.46. The number of fused-ring (bicyclic) bond motifs is 1. The molecule has 0 saturated heterocycles. The number of nitrogens with two attached hydrogens (primary N) is 1. The summed E-state index contributed by atoms with van der Waals surface area (Å²) in [5.41, 5.74) is 7.36. The van der Waals surface area contributed by atoms with Crippen LogP contribution in [0.5, 0.6) is 5.75 Å². The first-order valence-electron chi connectivity index (χ1n) is 10.0. The van der Waals surface area contributed by atoms with Gasteiger partial charge in [0.05, 0.1) is 17.8 Å². The topological polar surface area (TPSA) is 142 Å². The van der Waals surface area contributed by atoms with Gasteiger partial charge in [-0.05, 0) is 31.5 Å². The number of nitrogens with one attached hydrogen (secondary N) is 1. The van der Waals surface area contributed by atoms with Crippen molar-refractivity contribution in [3.05, 3.63) is 36.0 Å². The van der Waals surface area contributed by atoms with Crippen LogP contribution in [0.1, 0.15) is 25.8 Å². The van der Waals surface area contributed by atoms with Crippen LogP contribution in [-0.2, 0) is 4.79 Å². The normalized spacial score (nSPS) is 14.0. The number of aliphatic imine (C=N–C) groups is 1. The van der Waals surface area contributed by atoms with Gasteiger partial charge < -0.3 is 26.1 Å². The van der Waals surface area contributed by atoms with Crippen molar-refractivity contribution in [1.29, 1.82) is 5.41 Å². The number of carbonyl (C=O) groups is 1. The maximum Gasteiger partial charge on any atom is 0.232 e. The molecule has 0 radical (unpaired) electrons. The van der Waals surface area contributed by atoms with E-state index in [0.717, 1.165) is 16.7 Å². The van der Waals surface area contributed by atoms with Crippen LogP contribution in [0.25, 0.3) is 10.9 Å². The molecule has 8 nitrogen and oxygen atoms in total. The van der Waals surface area contributed by atoms with Crippen molar-refractivity contribution < 1.29 is 19.7 Å². The Morgan fingerprint density at radius 3 is 2.50 bits per heavy atom. The second-order valence-corrected chi connectivity index (χ2v) is 7.05. The van der Waals surface area contributed by atoms with E-state index in [4.69, 9.17) is 15.9 Å². The van der Waals surface area contributed by atoms with Crippen LogP contribution in [0.15, 0.2) is 35.5 Å². The number of hydrogen-bond donors (Lipinski definition) is 4. The zero-order chi connectivity index (χ0) is 22.3. The number of aromatic nitrogens is 1. The van der Waals surface area contributed by atoms with Crippen molar-refractivity contribution in [3.63, 3.8) is 0 Å². The van der Waals surface area contributed by atoms with Gasteiger partial charge in [-0.25, -0.2) is 0 Å². The molecule has 0 saturated carbocycles. The largest absolute Gasteiger partial charge is 0.494 e. The third-order valence-corrected chi connectivity index (χ3v) is 5.25. The van der Waals surface area contributed by atoms with Crippen LogP contribution >= 0.6 is 0 Å². The molecule has 1 heterocycles. The van der Waals surface area contributed by atoms with Crippen molar-refractivity contribution in [2.45, 2.75) is 20.3 Å². The van der Waals surface area contributed by atoms with Gasteiger partial charge in [-0.3, -0.25) is 14.8 Å². The van der Waals surface area contributed by atoms with Gasteiger partial charge in [0.1, 0.15) is 11.7 Å². The van der Waals surface area contributed by atoms with Gasteiger partial charge in [-0.15, -0.1) is 0 Å². The average Bonchev–Trinajstić information content (AvgIpc) is 2.74. The minimum atomic E-state index is -1.08. The number of hydrogen-bond acceptors (Lipinski definition) is 7. The van der Waals surface area contributed by atoms with E-state index in [1.807, 2.05) is 38.1 Å². The van der Waals surface area contributed by atoms with Crippen molar-refractivity contribution >= 4 is 28.2 Å². The fourth-order valence-electron chi connectivity index (χ4n) is 3.69. The molecule has 0 aliphatic rings. The lowest BCUT2D eigenvalue weighted by atomic mass is 9.78. The van der Waals surface area contributed by atoms with Crippen LogP contribution in [-0.4, -0.2) is 59.4 Å². The van der Waals surface area contributed by atoms with Crippen molar-refractivity contribution in [2.75, 3.05) is 26.9 Å². The number of nitrogens with zero attached hydrogens (tertiary/aromatic N) is 2. The smallest absolute Gasteiger partial charge is 0.232 e. The van der Waals surface area contributed by atoms with Crippen molar-refractivity contribution in [1.82, 2.24) is 4.98 Å². The molecule has 5 N–H and O–H groups in total. The molecule has 0 aliphatic heterocycles. The van der Waals surface area contributed by atoms with E-state index in [-0.39, 0.29) is 18.9 Å². The van der Waals surface area contributed by atoms with E-state index >= 15 is 0 Å². The first-order valence-corrected chi connectivity index (χ1v) is 10.0. The first kappa shape index (κ1) is 23.4. The Morgan fingerprint density at radius 1 is 1.27 bits per heavy atom. The number of pyridine rings is 1. The summed E-state index contributed by atoms with van der Waals surface area (Å²) < 4.78 is 5.50. The zero-order valence-electron chi connectivity index (χ0n) is 17.6. The number of ether oxygens (including phenoxy) is 1. The Hall–Kier alpha value is -2.84. The standard InChI is InChI=1S/C22H30N4O4/c1-4-17(15(11-27)12-28)20(23)19(22(24)29)21(25-3)14-8-13-6-7-16(30-5-2)9-18(13)26-10-14/h6-10,15,17,19,23,27-28H,4-5,11-12H2,1-3H3,(H2,24,29). The van der Waals surface area contributed by atoms with Gasteiger partial charge in [0.2, 0.25) is 5.91 Å². The fourth-order valence-corrected chi connectivity index (χ4v) is 3.69. The number of amides is 1. The lowest BCUT2D eigenvalue weighted by Crippen LogP contribution is -2.43. The Labute approximate surface area is 176 Å². The SMILES string of the molecule is CCOc1ccc2cc(C(=NC)C(C(=N)C(CC)C(CO)CO)C(N)=O)cnc2c1. The van der Waals surface area contributed by atoms with Gasteiger partial charge in [0, 0.05) is 61.0 Å². The third kappa shape index (κ3) is 5.01. The molecule has 0 aliphatic carbocycles. The summed E-state index contributed by atoms with van der Waals surface area (Å²) in [6.07, 6.45) is 2.07. The van der Waals surface area contributed by atoms with Crippen LogP contribution < -0.4 is 10.5 Å². The summed E-state index contributed by atoms with van der Waals surface area (Å²) in [6, 6.07) is 7.39. The monoisotopic (exact) mass is 414 g/mol. The Bertz CT molecular complexity index is 924. The fraction of sp³-hybridized carbons (Fsp3) is 0.455. The number of carbonyl (C=O) groups excluding carboxylic acids is 1. The molecule has 0 bridgehead atoms. The highest BCUT2D eigenvalue weighted by molar-refractivity contribution is 6.26. The number of aliphatic hydroxyl groups excluding tert-OH is 2. The second kappa shape index (κ2) is 10.8. The summed E-state index contributed by atoms with van der Waals surface area (Å²) in [6.45, 7) is 3.72. The summed E-state index contributed by atoms with van der Waals surface area (Å²) in [4.78, 5) is 21.1. The molecular weight excluding hydrogens is 384 g/mol. The third-order valence-electron chi connectivity index (χ3n) is 5.25. The maximum absolute atomic E-state index is 12.4. The van der Waals surface area contributed by atoms with E-state index in [1.54, 1.807) is 6.20 Å². The van der Waals surface area contributed by atoms with Gasteiger partial charge in [-0.1, -0.05) is 6.92 Å². The average molecular weight is 415 g/mol. The van der Waals surface area contributed by atoms with Gasteiger partial charge in [-0.2, -0.15) is 0 Å². The Morgan fingerprint density at radius 2 is 1.97 bits per heavy atom. The number of aliphatic hydroxyl groups is 2. The lowest BCUT2D eigenvalue weighted by Gasteiger charge is -2.28. The minimum Gasteiger partial charge on any atom is -0.494 e. The molecule has 8 heteroatoms. The maximum atomic E-state index is 12.4. The van der Waals surface area contributed by atoms with E-state index in [1.165, 1.54) is 7.05 Å². The number of benzene rings is 1. The highest BCUT2D eigenvalue weighted by Gasteiger charge is 2.35. The highest BCUT2D eigenvalue weighted by atomic mass is 16.5. The molecular formula is C22H30N4O4. The van der Waals surface area contributed by atoms with Crippen LogP contribution in [0.3, 0.4) is 0 Å². The quantitative estimate of drug-likeness (QED) is 0.415. The van der Waals surface area contributed by atoms with Crippen LogP contribution in [0, 0.1) is 23.2 Å². The first-order chi connectivity index (χ1) is 14.4. The van der Waals surface area contributed by atoms with Crippen molar-refractivity contribution in [3.8, 4) is 5.75 Å². The molecule has 1 aromatic heterocycles. The van der Waals surface area contributed by atoms with E-state index in [0.29, 0.717) is 24.3 Å². The van der Waals surface area contributed by atoms with Gasteiger partial charge in [0.25, 0.3) is 0 Å². The summed E-state index contributed by atoms with van der Waals surface area (Å²) >= 11 is 0. The highest BCUT2D eigenvalue weighted by Crippen LogP contribution is 2.26. The van der Waals surface area contributed by atoms with E-state index in [2.05, 4.69) is 9.98 Å². The molecule has 2 unspecified atom stereocenters. The predicted molar refractivity (Wildman–Crippen MR) is 117 cm³/mol. The van der Waals surface area contributed by atoms with E-state index in [9.17, 15) is 15.0 Å².